The van der Waals surface area contributed by atoms with Crippen LogP contribution in [0.3, 0.4) is 0 Å². The number of carbonyl (C=O) groups excluding carboxylic acids is 1. The molecule has 222 valence electrons. The fraction of sp³-hybridized carbons (Fsp3) is 0.528. The van der Waals surface area contributed by atoms with E-state index in [2.05, 4.69) is 79.7 Å². The van der Waals surface area contributed by atoms with Gasteiger partial charge in [0.25, 0.3) is 0 Å². The van der Waals surface area contributed by atoms with Gasteiger partial charge in [0.1, 0.15) is 0 Å². The fourth-order valence-corrected chi connectivity index (χ4v) is 10.6. The Morgan fingerprint density at radius 2 is 2.07 bits per heavy atom. The van der Waals surface area contributed by atoms with Gasteiger partial charge in [-0.05, 0) is 84.2 Å². The fourth-order valence-electron chi connectivity index (χ4n) is 9.72. The molecule has 5 nitrogen and oxygen atoms in total. The number of fused-ring (bicyclic) bond motifs is 7. The van der Waals surface area contributed by atoms with E-state index in [1.807, 2.05) is 14.0 Å². The van der Waals surface area contributed by atoms with Gasteiger partial charge in [-0.1, -0.05) is 63.3 Å². The smallest absolute Gasteiger partial charge is 0.194 e. The van der Waals surface area contributed by atoms with Crippen LogP contribution in [-0.2, 0) is 20.7 Å². The lowest BCUT2D eigenvalue weighted by molar-refractivity contribution is -0.199. The molecule has 1 saturated heterocycles. The minimum Gasteiger partial charge on any atom is -0.393 e. The molecule has 1 aromatic heterocycles. The zero-order chi connectivity index (χ0) is 29.4. The summed E-state index contributed by atoms with van der Waals surface area (Å²) >= 11 is 1.64. The number of nitrogens with one attached hydrogen (secondary N) is 1. The highest BCUT2D eigenvalue weighted by atomic mass is 32.1. The van der Waals surface area contributed by atoms with Crippen LogP contribution in [0, 0.1) is 28.6 Å². The van der Waals surface area contributed by atoms with Crippen LogP contribution in [-0.4, -0.2) is 35.7 Å². The van der Waals surface area contributed by atoms with Crippen LogP contribution in [0.15, 0.2) is 71.7 Å². The molecule has 4 aliphatic carbocycles. The van der Waals surface area contributed by atoms with Crippen LogP contribution < -0.4 is 5.32 Å². The normalized spacial score (nSPS) is 40.1. The van der Waals surface area contributed by atoms with Crippen LogP contribution in [0.2, 0.25) is 0 Å². The molecule has 2 aromatic rings. The van der Waals surface area contributed by atoms with E-state index in [1.54, 1.807) is 11.3 Å². The lowest BCUT2D eigenvalue weighted by atomic mass is 9.46. The Morgan fingerprint density at radius 1 is 1.24 bits per heavy atom. The van der Waals surface area contributed by atoms with Crippen LogP contribution >= 0.6 is 11.3 Å². The summed E-state index contributed by atoms with van der Waals surface area (Å²) in [6, 6.07) is 10.6. The number of allylic oxidation sites excluding steroid dienone is 5. The van der Waals surface area contributed by atoms with Gasteiger partial charge in [-0.15, -0.1) is 11.3 Å². The van der Waals surface area contributed by atoms with Crippen molar-refractivity contribution < 1.29 is 19.4 Å². The van der Waals surface area contributed by atoms with Crippen molar-refractivity contribution in [2.75, 3.05) is 12.4 Å². The van der Waals surface area contributed by atoms with Crippen LogP contribution in [0.5, 0.6) is 0 Å². The highest BCUT2D eigenvalue weighted by molar-refractivity contribution is 7.10. The molecule has 0 unspecified atom stereocenters. The molecule has 4 fully saturated rings. The first-order valence-corrected chi connectivity index (χ1v) is 16.5. The number of thiophene rings is 1. The van der Waals surface area contributed by atoms with Crippen molar-refractivity contribution in [3.05, 3.63) is 87.7 Å². The molecule has 2 heterocycles. The first-order valence-electron chi connectivity index (χ1n) is 15.6. The summed E-state index contributed by atoms with van der Waals surface area (Å²) in [4.78, 5) is 15.0. The van der Waals surface area contributed by atoms with Crippen molar-refractivity contribution in [3.63, 3.8) is 0 Å². The van der Waals surface area contributed by atoms with Crippen molar-refractivity contribution in [2.24, 2.45) is 28.6 Å². The summed E-state index contributed by atoms with van der Waals surface area (Å²) in [5.74, 6) is 0.784. The Bertz CT molecular complexity index is 1490. The number of ketones is 1. The molecule has 6 heteroatoms. The molecule has 0 bridgehead atoms. The maximum Gasteiger partial charge on any atom is 0.194 e. The minimum atomic E-state index is -1.04. The lowest BCUT2D eigenvalue weighted by Gasteiger charge is -2.60. The molecule has 0 spiro atoms. The molecule has 0 amide bonds. The van der Waals surface area contributed by atoms with Gasteiger partial charge in [-0.25, -0.2) is 0 Å². The third kappa shape index (κ3) is 3.94. The number of aliphatic hydroxyl groups is 1. The van der Waals surface area contributed by atoms with Crippen LogP contribution in [0.1, 0.15) is 75.2 Å². The number of Topliss-reactive ketones (excluding diaryl/α,β-unsaturated/α-hetero) is 1. The van der Waals surface area contributed by atoms with E-state index in [9.17, 15) is 9.90 Å². The third-order valence-electron chi connectivity index (χ3n) is 11.6. The Labute approximate surface area is 253 Å². The molecule has 2 N–H and O–H groups in total. The molecule has 1 aliphatic heterocycles. The number of hydrogen-bond acceptors (Lipinski definition) is 6. The third-order valence-corrected chi connectivity index (χ3v) is 12.6. The summed E-state index contributed by atoms with van der Waals surface area (Å²) < 4.78 is 13.7. The summed E-state index contributed by atoms with van der Waals surface area (Å²) in [6.07, 6.45) is 9.81. The quantitative estimate of drug-likeness (QED) is 0.370. The topological polar surface area (TPSA) is 67.8 Å². The molecular weight excluding hydrogens is 542 g/mol. The number of rotatable bonds is 6. The van der Waals surface area contributed by atoms with E-state index in [0.29, 0.717) is 18.8 Å². The van der Waals surface area contributed by atoms with Crippen molar-refractivity contribution >= 4 is 22.8 Å². The molecule has 7 rings (SSSR count). The standard InChI is InChI=1S/C36H43NO4S/c1-6-30(39)36-31(40-33(41-36)29-17-23(20-42-29)15-22-8-7-9-25(16-22)37-5)18-27-26-11-10-24-14-21(2)12-13-34(24,3)32(26)28(38)19-35(27,36)4/h7-9,12-14,16-17,20,26-28,31-33,37-38H,2,6,10-11,15,18-19H2,1,3-5H3/t26-,27-,28-,31+,32+,33+,34-,35-,36+/m0/s1. The maximum atomic E-state index is 14.0. The second kappa shape index (κ2) is 10.0. The number of anilines is 1. The summed E-state index contributed by atoms with van der Waals surface area (Å²) in [5, 5.41) is 17.3. The second-order valence-corrected chi connectivity index (χ2v) is 14.6. The predicted octanol–water partition coefficient (Wildman–Crippen LogP) is 7.39. The molecule has 0 radical (unpaired) electrons. The second-order valence-electron chi connectivity index (χ2n) is 13.7. The van der Waals surface area contributed by atoms with Gasteiger partial charge < -0.3 is 19.9 Å². The van der Waals surface area contributed by atoms with E-state index in [-0.39, 0.29) is 29.1 Å². The number of aliphatic hydroxyl groups excluding tert-OH is 1. The van der Waals surface area contributed by atoms with Crippen molar-refractivity contribution in [2.45, 2.75) is 83.4 Å². The van der Waals surface area contributed by atoms with E-state index < -0.39 is 23.4 Å². The van der Waals surface area contributed by atoms with E-state index in [4.69, 9.17) is 9.47 Å². The zero-order valence-corrected chi connectivity index (χ0v) is 26.0. The average Bonchev–Trinajstić information content (AvgIpc) is 3.65. The first kappa shape index (κ1) is 28.3. The average molecular weight is 586 g/mol. The zero-order valence-electron chi connectivity index (χ0n) is 25.2. The van der Waals surface area contributed by atoms with Gasteiger partial charge in [0.15, 0.2) is 17.7 Å². The Balaban J connectivity index is 1.18. The molecule has 9 atom stereocenters. The van der Waals surface area contributed by atoms with Crippen LogP contribution in [0.4, 0.5) is 5.69 Å². The molecular formula is C36H43NO4S. The van der Waals surface area contributed by atoms with Gasteiger partial charge in [-0.3, -0.25) is 4.79 Å². The van der Waals surface area contributed by atoms with Gasteiger partial charge in [-0.2, -0.15) is 0 Å². The van der Waals surface area contributed by atoms with Crippen molar-refractivity contribution in [1.82, 2.24) is 0 Å². The molecule has 42 heavy (non-hydrogen) atoms. The number of benzene rings is 1. The molecule has 3 saturated carbocycles. The van der Waals surface area contributed by atoms with Gasteiger partial charge >= 0.3 is 0 Å². The number of carbonyl (C=O) groups is 1. The highest BCUT2D eigenvalue weighted by Gasteiger charge is 2.75. The van der Waals surface area contributed by atoms with E-state index >= 15 is 0 Å². The monoisotopic (exact) mass is 585 g/mol. The first-order chi connectivity index (χ1) is 20.1. The van der Waals surface area contributed by atoms with E-state index in [1.165, 1.54) is 16.7 Å². The molecule has 5 aliphatic rings. The minimum absolute atomic E-state index is 0.114. The maximum absolute atomic E-state index is 14.0. The Hall–Kier alpha value is -2.51. The van der Waals surface area contributed by atoms with Gasteiger partial charge in [0.05, 0.1) is 17.1 Å². The summed E-state index contributed by atoms with van der Waals surface area (Å²) in [5.41, 5.74) is 4.26. The van der Waals surface area contributed by atoms with Crippen LogP contribution in [0.25, 0.3) is 0 Å². The largest absolute Gasteiger partial charge is 0.393 e. The van der Waals surface area contributed by atoms with E-state index in [0.717, 1.165) is 41.8 Å². The predicted molar refractivity (Wildman–Crippen MR) is 167 cm³/mol. The molecule has 1 aromatic carbocycles. The van der Waals surface area contributed by atoms with Gasteiger partial charge in [0, 0.05) is 35.9 Å². The number of hydrogen-bond donors (Lipinski definition) is 2. The van der Waals surface area contributed by atoms with Crippen molar-refractivity contribution in [1.29, 1.82) is 0 Å². The Morgan fingerprint density at radius 3 is 2.86 bits per heavy atom. The summed E-state index contributed by atoms with van der Waals surface area (Å²) in [7, 11) is 1.94. The highest BCUT2D eigenvalue weighted by Crippen LogP contribution is 2.70. The van der Waals surface area contributed by atoms with Crippen molar-refractivity contribution in [3.8, 4) is 0 Å². The number of ether oxygens (including phenoxy) is 2. The lowest BCUT2D eigenvalue weighted by Crippen LogP contribution is -2.62. The summed E-state index contributed by atoms with van der Waals surface area (Å²) in [6.45, 7) is 10.6. The Kier molecular flexibility index (Phi) is 6.74. The SMILES string of the molecule is C=C1C=C[C@@]2(C)C(=C1)CC[C@@H]1[C@@H]2[C@@H](O)C[C@@]2(C)[C@H]1C[C@H]1O[C@@H](c3cc(Cc4cccc(NC)c4)cs3)O[C@]12C(=O)CC. The van der Waals surface area contributed by atoms with Gasteiger partial charge in [0.2, 0.25) is 0 Å².